The Balaban J connectivity index is 0.000000135. The highest BCUT2D eigenvalue weighted by Gasteiger charge is 2.35. The third-order valence-corrected chi connectivity index (χ3v) is 27.5. The van der Waals surface area contributed by atoms with Crippen LogP contribution in [0, 0.1) is 27.7 Å². The molecule has 4 N–H and O–H groups in total. The Morgan fingerprint density at radius 3 is 1.35 bits per heavy atom. The fraction of sp³-hybridized carbons (Fsp3) is 0.339. The molecule has 145 heavy (non-hydrogen) atoms. The molecule has 14 aromatic rings. The van der Waals surface area contributed by atoms with Gasteiger partial charge >= 0.3 is 18.7 Å². The van der Waals surface area contributed by atoms with Gasteiger partial charge in [0.25, 0.3) is 0 Å². The number of benzene rings is 8. The summed E-state index contributed by atoms with van der Waals surface area (Å²) in [5.74, 6) is 5.19. The van der Waals surface area contributed by atoms with Crippen molar-refractivity contribution in [1.29, 1.82) is 0 Å². The quantitative estimate of drug-likeness (QED) is 0.0490. The Hall–Kier alpha value is -15.6. The van der Waals surface area contributed by atoms with Crippen molar-refractivity contribution in [3.63, 3.8) is 0 Å². The predicted molar refractivity (Wildman–Crippen MR) is 573 cm³/mol. The summed E-state index contributed by atoms with van der Waals surface area (Å²) in [6.45, 7) is 29.4. The SMILES string of the molecule is Cc1ccc(-c2cc3c(N4CCN(C(=O)C[C@@H](C)c5cccc(N(C)C)c5)CC4)ncnc3[nH]2)cc1.Cc1ccc(C2=Cc3c(ncnc3N3CCN(C(=O)N[C@@H](C)c4cccc(OC(F)F)c4)[C@H](C)C3)C2)cc1.Cc1ccc(C2=Cc3c(ncnc3N3CCN(C(=O)Nc4ccc(OC(C)(C)C)cc4)CC3)C2)cc1.[2H]C([2H])([2H])Oc1cccc([C@H](C)CC(=O)N2CCN(c3ncnc4[nH]c(-c5ccc(C)cc5)cc34)CC2)c1. The predicted octanol–water partition coefficient (Wildman–Crippen LogP) is 20.5. The van der Waals surface area contributed by atoms with Crippen molar-refractivity contribution in [2.45, 2.75) is 138 Å². The molecule has 6 aromatic heterocycles. The number of alkyl halides is 2. The molecule has 0 unspecified atom stereocenters. The number of rotatable bonds is 22. The lowest BCUT2D eigenvalue weighted by atomic mass is 9.96. The number of allylic oxidation sites excluding steroid dienone is 2. The van der Waals surface area contributed by atoms with Crippen molar-refractivity contribution in [3.8, 4) is 39.8 Å². The van der Waals surface area contributed by atoms with Crippen LogP contribution >= 0.6 is 0 Å². The molecule has 28 nitrogen and oxygen atoms in total. The minimum atomic E-state index is -2.90. The molecule has 10 heterocycles. The third kappa shape index (κ3) is 25.0. The maximum absolute atomic E-state index is 13.1. The Labute approximate surface area is 851 Å². The minimum absolute atomic E-state index is 0.0583. The second-order valence-electron chi connectivity index (χ2n) is 39.4. The maximum Gasteiger partial charge on any atom is 0.387 e. The zero-order chi connectivity index (χ0) is 104. The second-order valence-corrected chi connectivity index (χ2v) is 39.4. The van der Waals surface area contributed by atoms with Crippen molar-refractivity contribution in [2.24, 2.45) is 0 Å². The number of anilines is 6. The number of nitrogens with one attached hydrogen (secondary N) is 4. The van der Waals surface area contributed by atoms with Crippen LogP contribution in [0.1, 0.15) is 156 Å². The van der Waals surface area contributed by atoms with E-state index in [-0.39, 0.29) is 64.9 Å². The number of halogens is 2. The van der Waals surface area contributed by atoms with Gasteiger partial charge in [0.1, 0.15) is 82.7 Å². The number of methoxy groups -OCH3 is 1. The van der Waals surface area contributed by atoms with E-state index in [1.807, 2.05) is 106 Å². The van der Waals surface area contributed by atoms with Crippen LogP contribution in [0.5, 0.6) is 17.2 Å². The minimum Gasteiger partial charge on any atom is -0.497 e. The topological polar surface area (TPSA) is 284 Å². The lowest BCUT2D eigenvalue weighted by Crippen LogP contribution is -2.57. The number of aryl methyl sites for hydroxylation is 4. The number of aromatic nitrogens is 10. The van der Waals surface area contributed by atoms with Crippen LogP contribution in [-0.4, -0.2) is 231 Å². The number of nitrogens with zero attached hydrogens (tertiary/aromatic N) is 17. The number of hydrogen-bond donors (Lipinski definition) is 4. The first-order chi connectivity index (χ1) is 71.1. The van der Waals surface area contributed by atoms with E-state index in [4.69, 9.17) is 13.6 Å². The van der Waals surface area contributed by atoms with Gasteiger partial charge in [-0.1, -0.05) is 170 Å². The van der Waals surface area contributed by atoms with Gasteiger partial charge in [0.15, 0.2) is 0 Å². The number of piperazine rings is 4. The van der Waals surface area contributed by atoms with E-state index >= 15 is 0 Å². The fourth-order valence-electron chi connectivity index (χ4n) is 19.2. The number of ether oxygens (including phenoxy) is 3. The first-order valence-electron chi connectivity index (χ1n) is 51.2. The average molecular weight is 1960 g/mol. The molecule has 4 aliphatic heterocycles. The lowest BCUT2D eigenvalue weighted by Gasteiger charge is -2.41. The molecule has 4 saturated heterocycles. The van der Waals surface area contributed by atoms with Gasteiger partial charge in [0.2, 0.25) is 11.8 Å². The van der Waals surface area contributed by atoms with Gasteiger partial charge in [-0.25, -0.2) is 49.5 Å². The van der Waals surface area contributed by atoms with E-state index in [0.717, 1.165) is 152 Å². The number of carbonyl (C=O) groups excluding carboxylic acids is 4. The van der Waals surface area contributed by atoms with Crippen LogP contribution in [0.15, 0.2) is 232 Å². The molecule has 0 saturated carbocycles. The van der Waals surface area contributed by atoms with Crippen molar-refractivity contribution in [2.75, 3.05) is 149 Å². The summed E-state index contributed by atoms with van der Waals surface area (Å²) >= 11 is 0. The van der Waals surface area contributed by atoms with E-state index in [9.17, 15) is 28.0 Å². The van der Waals surface area contributed by atoms with Crippen LogP contribution < -0.4 is 49.3 Å². The molecule has 30 heteroatoms. The number of amides is 6. The molecule has 0 radical (unpaired) electrons. The Morgan fingerprint density at radius 2 is 0.883 bits per heavy atom. The largest absolute Gasteiger partial charge is 0.497 e. The smallest absolute Gasteiger partial charge is 0.387 e. The van der Waals surface area contributed by atoms with Gasteiger partial charge in [0.05, 0.1) is 39.4 Å². The fourth-order valence-corrected chi connectivity index (χ4v) is 19.2. The molecule has 750 valence electrons. The molecular formula is C115H129F2N21O7. The number of hydrogen-bond acceptors (Lipinski definition) is 20. The number of H-pyrrole nitrogens is 2. The van der Waals surface area contributed by atoms with Crippen molar-refractivity contribution >= 4 is 104 Å². The Kier molecular flexibility index (Phi) is 30.3. The van der Waals surface area contributed by atoms with Crippen molar-refractivity contribution < 1.29 is 46.3 Å². The molecule has 20 rings (SSSR count). The molecule has 4 atom stereocenters. The van der Waals surface area contributed by atoms with Crippen LogP contribution in [0.4, 0.5) is 53.0 Å². The molecule has 2 aliphatic carbocycles. The summed E-state index contributed by atoms with van der Waals surface area (Å²) in [7, 11) is 1.57. The van der Waals surface area contributed by atoms with E-state index in [1.54, 1.807) is 55.6 Å². The zero-order valence-corrected chi connectivity index (χ0v) is 84.6. The zero-order valence-electron chi connectivity index (χ0n) is 87.6. The van der Waals surface area contributed by atoms with Crippen LogP contribution in [0.25, 0.3) is 67.9 Å². The lowest BCUT2D eigenvalue weighted by molar-refractivity contribution is -0.132. The maximum atomic E-state index is 13.1. The third-order valence-electron chi connectivity index (χ3n) is 27.5. The first kappa shape index (κ1) is 96.9. The number of fused-ring (bicyclic) bond motifs is 4. The Bertz CT molecular complexity index is 7080. The van der Waals surface area contributed by atoms with Gasteiger partial charge in [-0.15, -0.1) is 0 Å². The summed E-state index contributed by atoms with van der Waals surface area (Å²) in [5.41, 5.74) is 24.4. The number of aromatic amines is 2. The monoisotopic (exact) mass is 1960 g/mol. The van der Waals surface area contributed by atoms with E-state index in [2.05, 4.69) is 270 Å². The van der Waals surface area contributed by atoms with Crippen molar-refractivity contribution in [3.05, 3.63) is 304 Å². The molecule has 6 amide bonds. The Morgan fingerprint density at radius 1 is 0.462 bits per heavy atom. The highest BCUT2D eigenvalue weighted by atomic mass is 19.3. The molecule has 0 spiro atoms. The van der Waals surface area contributed by atoms with Gasteiger partial charge in [-0.2, -0.15) is 8.78 Å². The van der Waals surface area contributed by atoms with Gasteiger partial charge < -0.3 is 78.9 Å². The van der Waals surface area contributed by atoms with Crippen molar-refractivity contribution in [1.82, 2.24) is 74.8 Å². The average Bonchev–Trinajstić information content (AvgIpc) is 1.64. The standard InChI is InChI=1S/C29H31F2N5O2.C29H34N6O.C29H33N5O2.C28H31N5O2/c1-18-7-9-21(10-8-18)23-14-25-26(15-23)32-17-33-27(25)35-11-12-36(19(2)16-35)29(37)34-20(3)22-5-4-6-24(13-22)38-28(30)31;1-20-8-10-22(11-9-20)26-18-25-28(32-26)30-19-31-29(25)35-14-12-34(13-15-35)27(36)16-21(2)23-6-5-7-24(17-23)33(3)4;1-20-5-7-21(8-6-20)22-17-25-26(18-22)30-19-31-27(25)33-13-15-34(16-14-33)28(35)32-23-9-11-24(12-10-23)36-29(2,3)4;1-19-7-9-21(10-8-19)25-17-24-27(31-25)29-18-30-28(24)33-13-11-32(12-14-33)26(34)15-20(2)22-5-4-6-23(16-22)35-3/h4-10,13-14,17,19-20,28H,11-12,15-16H2,1-3H3,(H,34,37);5-11,17-19,21H,12-16H2,1-4H3,(H,30,31,32);5-12,17,19H,13-16,18H2,1-4H3,(H,32,35);4-10,16-18,20H,11-15H2,1-3H3,(H,29,30,31)/t19-,20+;21-;;20-/m11.1/s1/i;;;3D3. The van der Waals surface area contributed by atoms with Gasteiger partial charge in [-0.3, -0.25) is 9.59 Å². The molecule has 6 aliphatic rings. The summed E-state index contributed by atoms with van der Waals surface area (Å²) in [6.07, 6.45) is 13.3. The summed E-state index contributed by atoms with van der Waals surface area (Å²) in [4.78, 5) is 114. The van der Waals surface area contributed by atoms with E-state index in [1.165, 1.54) is 62.2 Å². The van der Waals surface area contributed by atoms with Crippen LogP contribution in [-0.2, 0) is 22.4 Å². The van der Waals surface area contributed by atoms with Gasteiger partial charge in [0, 0.05) is 178 Å². The molecular weight excluding hydrogens is 1830 g/mol. The molecule has 4 fully saturated rings. The van der Waals surface area contributed by atoms with E-state index in [0.29, 0.717) is 90.4 Å². The summed E-state index contributed by atoms with van der Waals surface area (Å²) in [5, 5.41) is 7.98. The summed E-state index contributed by atoms with van der Waals surface area (Å²) < 4.78 is 62.4. The normalized spacial score (nSPS) is 16.1. The van der Waals surface area contributed by atoms with Gasteiger partial charge in [-0.05, 0) is 209 Å². The van der Waals surface area contributed by atoms with Crippen LogP contribution in [0.3, 0.4) is 0 Å². The highest BCUT2D eigenvalue weighted by Crippen LogP contribution is 2.41. The number of urea groups is 2. The highest BCUT2D eigenvalue weighted by molar-refractivity contribution is 5.96. The first-order valence-corrected chi connectivity index (χ1v) is 49.7. The molecule has 0 bridgehead atoms. The second kappa shape index (κ2) is 45.3. The van der Waals surface area contributed by atoms with E-state index < -0.39 is 13.6 Å². The number of carbonyl (C=O) groups is 4. The molecule has 8 aromatic carbocycles. The summed E-state index contributed by atoms with van der Waals surface area (Å²) in [6, 6.07) is 66.8. The van der Waals surface area contributed by atoms with Crippen LogP contribution in [0.2, 0.25) is 0 Å².